The number of para-hydroxylation sites is 1. The summed E-state index contributed by atoms with van der Waals surface area (Å²) in [5, 5.41) is 0. The van der Waals surface area contributed by atoms with Gasteiger partial charge in [0.15, 0.2) is 6.61 Å². The van der Waals surface area contributed by atoms with E-state index in [1.807, 2.05) is 55.5 Å². The molecule has 3 aromatic rings. The normalized spacial score (nSPS) is 10.6. The van der Waals surface area contributed by atoms with Gasteiger partial charge in [0, 0.05) is 11.6 Å². The molecule has 0 aliphatic rings. The first kappa shape index (κ1) is 19.0. The molecule has 6 heteroatoms. The molecular formula is C22H20N2O4. The lowest BCUT2D eigenvalue weighted by molar-refractivity contribution is -0.128. The molecule has 0 saturated heterocycles. The topological polar surface area (TPSA) is 80.6 Å². The van der Waals surface area contributed by atoms with Crippen molar-refractivity contribution in [3.63, 3.8) is 0 Å². The first-order chi connectivity index (χ1) is 13.6. The van der Waals surface area contributed by atoms with Crippen LogP contribution in [0, 0.1) is 6.92 Å². The molecule has 0 radical (unpaired) electrons. The number of nitrogens with one attached hydrogen (secondary N) is 2. The lowest BCUT2D eigenvalue weighted by Crippen LogP contribution is -2.43. The van der Waals surface area contributed by atoms with Gasteiger partial charge in [-0.1, -0.05) is 48.5 Å². The van der Waals surface area contributed by atoms with E-state index in [0.29, 0.717) is 11.5 Å². The van der Waals surface area contributed by atoms with E-state index in [1.54, 1.807) is 18.2 Å². The molecule has 0 fully saturated rings. The molecule has 0 aliphatic carbocycles. The van der Waals surface area contributed by atoms with Gasteiger partial charge in [-0.2, -0.15) is 0 Å². The number of hydrogen-bond donors (Lipinski definition) is 2. The molecule has 28 heavy (non-hydrogen) atoms. The molecule has 3 rings (SSSR count). The van der Waals surface area contributed by atoms with Crippen molar-refractivity contribution >= 4 is 17.9 Å². The standard InChI is InChI=1S/C22H20N2O4/c1-16-11-12-18(28-16)13-14-21(25)23-24-22(26)15-27-20-10-6-5-9-19(20)17-7-3-2-4-8-17/h2-14H,15H2,1H3,(H,23,25)(H,24,26)/b14-13+. The molecule has 0 aliphatic heterocycles. The van der Waals surface area contributed by atoms with Crippen molar-refractivity contribution < 1.29 is 18.7 Å². The van der Waals surface area contributed by atoms with Gasteiger partial charge in [0.25, 0.3) is 11.8 Å². The molecule has 0 unspecified atom stereocenters. The molecule has 0 saturated carbocycles. The van der Waals surface area contributed by atoms with Gasteiger partial charge in [0.1, 0.15) is 17.3 Å². The minimum atomic E-state index is -0.480. The van der Waals surface area contributed by atoms with Crippen LogP contribution >= 0.6 is 0 Å². The molecule has 6 nitrogen and oxygen atoms in total. The second-order valence-electron chi connectivity index (χ2n) is 5.97. The third-order valence-corrected chi connectivity index (χ3v) is 3.82. The number of carbonyl (C=O) groups is 2. The monoisotopic (exact) mass is 376 g/mol. The summed E-state index contributed by atoms with van der Waals surface area (Å²) >= 11 is 0. The summed E-state index contributed by atoms with van der Waals surface area (Å²) in [6, 6.07) is 20.7. The summed E-state index contributed by atoms with van der Waals surface area (Å²) in [5.41, 5.74) is 6.48. The lowest BCUT2D eigenvalue weighted by Gasteiger charge is -2.11. The van der Waals surface area contributed by atoms with E-state index in [2.05, 4.69) is 10.9 Å². The minimum absolute atomic E-state index is 0.231. The maximum Gasteiger partial charge on any atom is 0.276 e. The zero-order chi connectivity index (χ0) is 19.8. The highest BCUT2D eigenvalue weighted by Gasteiger charge is 2.08. The van der Waals surface area contributed by atoms with Crippen LogP contribution in [0.1, 0.15) is 11.5 Å². The van der Waals surface area contributed by atoms with Gasteiger partial charge in [0.2, 0.25) is 0 Å². The fourth-order valence-corrected chi connectivity index (χ4v) is 2.50. The molecule has 2 aromatic carbocycles. The van der Waals surface area contributed by atoms with Crippen LogP contribution in [0.25, 0.3) is 17.2 Å². The third-order valence-electron chi connectivity index (χ3n) is 3.82. The first-order valence-corrected chi connectivity index (χ1v) is 8.72. The Morgan fingerprint density at radius 1 is 0.964 bits per heavy atom. The average molecular weight is 376 g/mol. The molecule has 2 amide bonds. The van der Waals surface area contributed by atoms with E-state index < -0.39 is 11.8 Å². The summed E-state index contributed by atoms with van der Waals surface area (Å²) in [4.78, 5) is 23.7. The molecular weight excluding hydrogens is 356 g/mol. The van der Waals surface area contributed by atoms with Crippen LogP contribution in [0.4, 0.5) is 0 Å². The van der Waals surface area contributed by atoms with Crippen LogP contribution in [-0.4, -0.2) is 18.4 Å². The van der Waals surface area contributed by atoms with Crippen molar-refractivity contribution in [2.24, 2.45) is 0 Å². The van der Waals surface area contributed by atoms with Crippen LogP contribution in [0.3, 0.4) is 0 Å². The van der Waals surface area contributed by atoms with Crippen molar-refractivity contribution in [1.82, 2.24) is 10.9 Å². The Morgan fingerprint density at radius 2 is 1.71 bits per heavy atom. The Morgan fingerprint density at radius 3 is 2.46 bits per heavy atom. The second-order valence-corrected chi connectivity index (χ2v) is 5.97. The number of ether oxygens (including phenoxy) is 1. The fourth-order valence-electron chi connectivity index (χ4n) is 2.50. The average Bonchev–Trinajstić information content (AvgIpc) is 3.15. The van der Waals surface area contributed by atoms with Crippen LogP contribution in [0.15, 0.2) is 77.2 Å². The highest BCUT2D eigenvalue weighted by Crippen LogP contribution is 2.29. The van der Waals surface area contributed by atoms with Crippen LogP contribution in [0.2, 0.25) is 0 Å². The van der Waals surface area contributed by atoms with E-state index >= 15 is 0 Å². The van der Waals surface area contributed by atoms with Gasteiger partial charge in [-0.05, 0) is 36.8 Å². The zero-order valence-electron chi connectivity index (χ0n) is 15.3. The number of hydrazine groups is 1. The van der Waals surface area contributed by atoms with Gasteiger partial charge in [0.05, 0.1) is 0 Å². The highest BCUT2D eigenvalue weighted by molar-refractivity contribution is 5.93. The molecule has 1 aromatic heterocycles. The Bertz CT molecular complexity index is 977. The zero-order valence-corrected chi connectivity index (χ0v) is 15.3. The Balaban J connectivity index is 1.50. The quantitative estimate of drug-likeness (QED) is 0.510. The summed E-state index contributed by atoms with van der Waals surface area (Å²) in [6.07, 6.45) is 2.78. The summed E-state index contributed by atoms with van der Waals surface area (Å²) in [7, 11) is 0. The summed E-state index contributed by atoms with van der Waals surface area (Å²) in [5.74, 6) is 0.940. The predicted molar refractivity (Wildman–Crippen MR) is 106 cm³/mol. The number of hydrogen-bond acceptors (Lipinski definition) is 4. The lowest BCUT2D eigenvalue weighted by atomic mass is 10.1. The fraction of sp³-hybridized carbons (Fsp3) is 0.0909. The predicted octanol–water partition coefficient (Wildman–Crippen LogP) is 3.49. The summed E-state index contributed by atoms with van der Waals surface area (Å²) < 4.78 is 10.9. The summed E-state index contributed by atoms with van der Waals surface area (Å²) in [6.45, 7) is 1.58. The Hall–Kier alpha value is -3.80. The number of aryl methyl sites for hydroxylation is 1. The Labute approximate surface area is 162 Å². The van der Waals surface area contributed by atoms with Crippen LogP contribution < -0.4 is 15.6 Å². The van der Waals surface area contributed by atoms with Crippen LogP contribution in [-0.2, 0) is 9.59 Å². The molecule has 142 valence electrons. The van der Waals surface area contributed by atoms with Gasteiger partial charge < -0.3 is 9.15 Å². The third kappa shape index (κ3) is 5.35. The molecule has 0 bridgehead atoms. The van der Waals surface area contributed by atoms with Crippen LogP contribution in [0.5, 0.6) is 5.75 Å². The molecule has 0 spiro atoms. The van der Waals surface area contributed by atoms with Crippen molar-refractivity contribution in [3.8, 4) is 16.9 Å². The number of rotatable bonds is 6. The maximum atomic E-state index is 12.0. The van der Waals surface area contributed by atoms with Gasteiger partial charge in [-0.25, -0.2) is 0 Å². The maximum absolute atomic E-state index is 12.0. The first-order valence-electron chi connectivity index (χ1n) is 8.72. The Kier molecular flexibility index (Phi) is 6.25. The van der Waals surface area contributed by atoms with E-state index in [-0.39, 0.29) is 6.61 Å². The molecule has 2 N–H and O–H groups in total. The van der Waals surface area contributed by atoms with Crippen molar-refractivity contribution in [2.45, 2.75) is 6.92 Å². The van der Waals surface area contributed by atoms with E-state index in [9.17, 15) is 9.59 Å². The van der Waals surface area contributed by atoms with Gasteiger partial charge in [-0.15, -0.1) is 0 Å². The highest BCUT2D eigenvalue weighted by atomic mass is 16.5. The minimum Gasteiger partial charge on any atom is -0.483 e. The van der Waals surface area contributed by atoms with Crippen molar-refractivity contribution in [2.75, 3.05) is 6.61 Å². The SMILES string of the molecule is Cc1ccc(/C=C/C(=O)NNC(=O)COc2ccccc2-c2ccccc2)o1. The largest absolute Gasteiger partial charge is 0.483 e. The second kappa shape index (κ2) is 9.23. The van der Waals surface area contributed by atoms with Crippen molar-refractivity contribution in [1.29, 1.82) is 0 Å². The smallest absolute Gasteiger partial charge is 0.276 e. The number of carbonyl (C=O) groups excluding carboxylic acids is 2. The number of furan rings is 1. The van der Waals surface area contributed by atoms with E-state index in [0.717, 1.165) is 16.9 Å². The van der Waals surface area contributed by atoms with Gasteiger partial charge in [-0.3, -0.25) is 20.4 Å². The van der Waals surface area contributed by atoms with Crippen molar-refractivity contribution in [3.05, 3.63) is 84.3 Å². The van der Waals surface area contributed by atoms with E-state index in [1.165, 1.54) is 12.2 Å². The van der Waals surface area contributed by atoms with Gasteiger partial charge >= 0.3 is 0 Å². The molecule has 1 heterocycles. The molecule has 0 atom stereocenters. The number of benzene rings is 2. The number of amides is 2. The van der Waals surface area contributed by atoms with E-state index in [4.69, 9.17) is 9.15 Å².